The molecule has 82 valence electrons. The van der Waals surface area contributed by atoms with Crippen molar-refractivity contribution >= 4 is 17.1 Å². The number of aromatic nitrogens is 1. The van der Waals surface area contributed by atoms with Crippen molar-refractivity contribution in [2.24, 2.45) is 0 Å². The first-order valence-corrected chi connectivity index (χ1v) is 5.18. The second-order valence-corrected chi connectivity index (χ2v) is 4.11. The molecule has 1 aromatic heterocycles. The molecule has 1 heterocycles. The first-order chi connectivity index (χ1) is 7.76. The topological polar surface area (TPSA) is 52.3 Å². The highest BCUT2D eigenvalue weighted by Crippen LogP contribution is 2.49. The number of carbonyl (C=O) groups excluding carboxylic acids is 1. The van der Waals surface area contributed by atoms with Gasteiger partial charge < -0.3 is 9.15 Å². The third-order valence-electron chi connectivity index (χ3n) is 3.21. The molecule has 0 atom stereocenters. The van der Waals surface area contributed by atoms with E-state index in [4.69, 9.17) is 9.15 Å². The van der Waals surface area contributed by atoms with E-state index in [-0.39, 0.29) is 5.97 Å². The molecule has 4 nitrogen and oxygen atoms in total. The standard InChI is InChI=1S/C12H11NO3/c1-15-11(14)12(4-5-12)8-2-3-10-9(6-8)13-7-16-10/h2-3,6-7H,4-5H2,1H3. The lowest BCUT2D eigenvalue weighted by atomic mass is 9.96. The number of hydrogen-bond donors (Lipinski definition) is 0. The smallest absolute Gasteiger partial charge is 0.316 e. The van der Waals surface area contributed by atoms with Gasteiger partial charge in [0.15, 0.2) is 12.0 Å². The fraction of sp³-hybridized carbons (Fsp3) is 0.333. The summed E-state index contributed by atoms with van der Waals surface area (Å²) in [7, 11) is 1.43. The molecule has 0 N–H and O–H groups in total. The van der Waals surface area contributed by atoms with Gasteiger partial charge in [0.25, 0.3) is 0 Å². The minimum atomic E-state index is -0.429. The lowest BCUT2D eigenvalue weighted by Gasteiger charge is -2.12. The van der Waals surface area contributed by atoms with Crippen LogP contribution in [-0.4, -0.2) is 18.1 Å². The quantitative estimate of drug-likeness (QED) is 0.722. The van der Waals surface area contributed by atoms with Gasteiger partial charge in [-0.2, -0.15) is 0 Å². The zero-order valence-corrected chi connectivity index (χ0v) is 8.90. The average Bonchev–Trinajstić information content (AvgIpc) is 3.00. The minimum Gasteiger partial charge on any atom is -0.468 e. The minimum absolute atomic E-state index is 0.157. The van der Waals surface area contributed by atoms with Crippen molar-refractivity contribution in [3.05, 3.63) is 30.2 Å². The highest BCUT2D eigenvalue weighted by Gasteiger charge is 2.52. The van der Waals surface area contributed by atoms with Gasteiger partial charge in [0.05, 0.1) is 12.5 Å². The number of esters is 1. The van der Waals surface area contributed by atoms with E-state index in [0.717, 1.165) is 29.5 Å². The summed E-state index contributed by atoms with van der Waals surface area (Å²) >= 11 is 0. The molecule has 1 aliphatic rings. The maximum Gasteiger partial charge on any atom is 0.316 e. The van der Waals surface area contributed by atoms with Crippen molar-refractivity contribution in [1.82, 2.24) is 4.98 Å². The average molecular weight is 217 g/mol. The summed E-state index contributed by atoms with van der Waals surface area (Å²) < 4.78 is 10.0. The zero-order valence-electron chi connectivity index (χ0n) is 8.90. The van der Waals surface area contributed by atoms with Gasteiger partial charge >= 0.3 is 5.97 Å². The van der Waals surface area contributed by atoms with Gasteiger partial charge in [0.2, 0.25) is 0 Å². The number of fused-ring (bicyclic) bond motifs is 1. The normalized spacial score (nSPS) is 17.3. The van der Waals surface area contributed by atoms with E-state index in [1.807, 2.05) is 18.2 Å². The van der Waals surface area contributed by atoms with Crippen LogP contribution in [0.4, 0.5) is 0 Å². The largest absolute Gasteiger partial charge is 0.468 e. The van der Waals surface area contributed by atoms with Crippen molar-refractivity contribution in [1.29, 1.82) is 0 Å². The van der Waals surface area contributed by atoms with Gasteiger partial charge in [0, 0.05) is 0 Å². The van der Waals surface area contributed by atoms with E-state index in [1.54, 1.807) is 0 Å². The second kappa shape index (κ2) is 3.07. The van der Waals surface area contributed by atoms with Crippen LogP contribution >= 0.6 is 0 Å². The molecule has 1 aromatic carbocycles. The predicted molar refractivity (Wildman–Crippen MR) is 56.9 cm³/mol. The van der Waals surface area contributed by atoms with E-state index in [2.05, 4.69) is 4.98 Å². The lowest BCUT2D eigenvalue weighted by molar-refractivity contribution is -0.143. The van der Waals surface area contributed by atoms with Crippen LogP contribution in [0, 0.1) is 0 Å². The molecular weight excluding hydrogens is 206 g/mol. The van der Waals surface area contributed by atoms with E-state index < -0.39 is 5.41 Å². The Labute approximate surface area is 92.2 Å². The maximum atomic E-state index is 11.7. The van der Waals surface area contributed by atoms with Crippen LogP contribution in [0.2, 0.25) is 0 Å². The summed E-state index contributed by atoms with van der Waals surface area (Å²) in [6.07, 6.45) is 3.11. The molecule has 16 heavy (non-hydrogen) atoms. The van der Waals surface area contributed by atoms with Gasteiger partial charge in [-0.25, -0.2) is 4.98 Å². The number of ether oxygens (including phenoxy) is 1. The summed E-state index contributed by atoms with van der Waals surface area (Å²) in [5.74, 6) is -0.157. The predicted octanol–water partition coefficient (Wildman–Crippen LogP) is 2.03. The van der Waals surface area contributed by atoms with E-state index >= 15 is 0 Å². The summed E-state index contributed by atoms with van der Waals surface area (Å²) in [5, 5.41) is 0. The highest BCUT2D eigenvalue weighted by molar-refractivity contribution is 5.88. The molecule has 4 heteroatoms. The Morgan fingerprint density at radius 1 is 1.50 bits per heavy atom. The van der Waals surface area contributed by atoms with Crippen molar-refractivity contribution < 1.29 is 13.9 Å². The molecule has 0 amide bonds. The summed E-state index contributed by atoms with van der Waals surface area (Å²) in [4.78, 5) is 15.8. The third kappa shape index (κ3) is 1.16. The number of carbonyl (C=O) groups is 1. The molecule has 3 rings (SSSR count). The molecule has 0 bridgehead atoms. The fourth-order valence-electron chi connectivity index (χ4n) is 2.09. The number of nitrogens with zero attached hydrogens (tertiary/aromatic N) is 1. The van der Waals surface area contributed by atoms with Crippen molar-refractivity contribution in [2.75, 3.05) is 7.11 Å². The van der Waals surface area contributed by atoms with Gasteiger partial charge in [-0.1, -0.05) is 6.07 Å². The Balaban J connectivity index is 2.09. The van der Waals surface area contributed by atoms with E-state index in [1.165, 1.54) is 13.5 Å². The molecule has 0 spiro atoms. The molecular formula is C12H11NO3. The molecule has 0 unspecified atom stereocenters. The van der Waals surface area contributed by atoms with Crippen LogP contribution in [0.5, 0.6) is 0 Å². The molecule has 1 fully saturated rings. The Bertz CT molecular complexity index is 554. The van der Waals surface area contributed by atoms with Crippen LogP contribution in [0.1, 0.15) is 18.4 Å². The number of benzene rings is 1. The summed E-state index contributed by atoms with van der Waals surface area (Å²) in [6, 6.07) is 5.67. The maximum absolute atomic E-state index is 11.7. The number of rotatable bonds is 2. The summed E-state index contributed by atoms with van der Waals surface area (Å²) in [6.45, 7) is 0. The van der Waals surface area contributed by atoms with Crippen molar-refractivity contribution in [2.45, 2.75) is 18.3 Å². The highest BCUT2D eigenvalue weighted by atomic mass is 16.5. The van der Waals surface area contributed by atoms with E-state index in [0.29, 0.717) is 0 Å². The van der Waals surface area contributed by atoms with E-state index in [9.17, 15) is 4.79 Å². The van der Waals surface area contributed by atoms with Gasteiger partial charge in [-0.15, -0.1) is 0 Å². The SMILES string of the molecule is COC(=O)C1(c2ccc3ocnc3c2)CC1. The molecule has 1 saturated carbocycles. The zero-order chi connectivity index (χ0) is 11.2. The van der Waals surface area contributed by atoms with Crippen molar-refractivity contribution in [3.8, 4) is 0 Å². The third-order valence-corrected chi connectivity index (χ3v) is 3.21. The van der Waals surface area contributed by atoms with Crippen LogP contribution in [0.25, 0.3) is 11.1 Å². The Morgan fingerprint density at radius 3 is 3.00 bits per heavy atom. The molecule has 0 aliphatic heterocycles. The number of methoxy groups -OCH3 is 1. The Kier molecular flexibility index (Phi) is 1.80. The Hall–Kier alpha value is -1.84. The van der Waals surface area contributed by atoms with Crippen LogP contribution in [0.15, 0.2) is 29.0 Å². The number of oxazole rings is 1. The van der Waals surface area contributed by atoms with Gasteiger partial charge in [0.1, 0.15) is 5.52 Å². The van der Waals surface area contributed by atoms with Crippen LogP contribution in [0.3, 0.4) is 0 Å². The summed E-state index contributed by atoms with van der Waals surface area (Å²) in [5.41, 5.74) is 2.07. The first kappa shape index (κ1) is 9.39. The van der Waals surface area contributed by atoms with Crippen LogP contribution < -0.4 is 0 Å². The van der Waals surface area contributed by atoms with Gasteiger partial charge in [-0.3, -0.25) is 4.79 Å². The molecule has 0 saturated heterocycles. The van der Waals surface area contributed by atoms with Crippen molar-refractivity contribution in [3.63, 3.8) is 0 Å². The fourth-order valence-corrected chi connectivity index (χ4v) is 2.09. The van der Waals surface area contributed by atoms with Crippen LogP contribution in [-0.2, 0) is 14.9 Å². The second-order valence-electron chi connectivity index (χ2n) is 4.11. The lowest BCUT2D eigenvalue weighted by Crippen LogP contribution is -2.21. The monoisotopic (exact) mass is 217 g/mol. The first-order valence-electron chi connectivity index (χ1n) is 5.18. The van der Waals surface area contributed by atoms with Gasteiger partial charge in [-0.05, 0) is 30.5 Å². The molecule has 2 aromatic rings. The molecule has 1 aliphatic carbocycles. The number of hydrogen-bond acceptors (Lipinski definition) is 4. The molecule has 0 radical (unpaired) electrons. The Morgan fingerprint density at radius 2 is 2.31 bits per heavy atom.